The first-order chi connectivity index (χ1) is 21.3. The number of rotatable bonds is 14. The summed E-state index contributed by atoms with van der Waals surface area (Å²) in [4.78, 5) is 41.5. The number of benzene rings is 2. The molecule has 3 unspecified atom stereocenters. The smallest absolute Gasteiger partial charge is 0.336 e. The zero-order chi connectivity index (χ0) is 31.5. The number of ether oxygens (including phenoxy) is 5. The van der Waals surface area contributed by atoms with Gasteiger partial charge in [0, 0.05) is 36.1 Å². The fraction of sp³-hybridized carbons (Fsp3) is 0.485. The van der Waals surface area contributed by atoms with E-state index >= 15 is 0 Å². The lowest BCUT2D eigenvalue weighted by atomic mass is 9.75. The summed E-state index contributed by atoms with van der Waals surface area (Å²) in [6.45, 7) is 5.30. The van der Waals surface area contributed by atoms with Gasteiger partial charge in [-0.15, -0.1) is 0 Å². The number of non-ortho nitro benzene ring substituents is 1. The number of carbonyl (C=O) groups is 2. The highest BCUT2D eigenvalue weighted by Crippen LogP contribution is 2.41. The molecule has 11 nitrogen and oxygen atoms in total. The summed E-state index contributed by atoms with van der Waals surface area (Å²) in [5.41, 5.74) is 2.47. The zero-order valence-electron chi connectivity index (χ0n) is 25.5. The molecule has 0 aliphatic carbocycles. The van der Waals surface area contributed by atoms with Crippen molar-refractivity contribution in [1.29, 1.82) is 0 Å². The van der Waals surface area contributed by atoms with Crippen molar-refractivity contribution in [3.8, 4) is 5.75 Å². The Kier molecular flexibility index (Phi) is 12.0. The lowest BCUT2D eigenvalue weighted by Gasteiger charge is -2.31. The first kappa shape index (κ1) is 32.8. The third kappa shape index (κ3) is 8.73. The van der Waals surface area contributed by atoms with E-state index < -0.39 is 28.7 Å². The van der Waals surface area contributed by atoms with Gasteiger partial charge in [-0.25, -0.2) is 4.79 Å². The van der Waals surface area contributed by atoms with Crippen LogP contribution in [0.25, 0.3) is 0 Å². The number of unbranched alkanes of at least 4 members (excludes halogenated alkanes) is 1. The van der Waals surface area contributed by atoms with Crippen molar-refractivity contribution in [2.75, 3.05) is 33.5 Å². The molecule has 1 saturated heterocycles. The van der Waals surface area contributed by atoms with Crippen molar-refractivity contribution in [2.24, 2.45) is 10.9 Å². The Balaban J connectivity index is 1.27. The van der Waals surface area contributed by atoms with E-state index in [-0.39, 0.29) is 24.2 Å². The minimum atomic E-state index is -0.925. The highest BCUT2D eigenvalue weighted by atomic mass is 16.7. The number of nitro benzene ring substituents is 1. The molecule has 2 heterocycles. The Morgan fingerprint density at radius 1 is 1.05 bits per heavy atom. The molecule has 3 atom stereocenters. The van der Waals surface area contributed by atoms with E-state index in [0.29, 0.717) is 43.0 Å². The van der Waals surface area contributed by atoms with E-state index in [0.717, 1.165) is 43.6 Å². The number of hydrogen-bond donors (Lipinski definition) is 0. The monoisotopic (exact) mass is 608 g/mol. The predicted molar refractivity (Wildman–Crippen MR) is 163 cm³/mol. The van der Waals surface area contributed by atoms with Gasteiger partial charge in [-0.2, -0.15) is 0 Å². The standard InChI is InChI=1S/C33H40N2O9/c1-22-29(32(36)40-3)31(25-9-8-10-26(21-25)35(38)39)30(23(2)34-22)33(37)44-19-7-6-17-41-27-14-12-24(13-15-27)16-20-43-28-11-4-5-18-42-28/h8-10,12-15,21,28-29,31H,4-7,11,16-20H2,1-3H3. The Hall–Kier alpha value is -4.09. The molecule has 0 N–H and O–H groups in total. The van der Waals surface area contributed by atoms with Crippen LogP contribution >= 0.6 is 0 Å². The van der Waals surface area contributed by atoms with Crippen LogP contribution < -0.4 is 4.74 Å². The van der Waals surface area contributed by atoms with Crippen LogP contribution in [-0.2, 0) is 35.0 Å². The Labute approximate surface area is 257 Å². The van der Waals surface area contributed by atoms with Crippen molar-refractivity contribution < 1.29 is 38.2 Å². The van der Waals surface area contributed by atoms with E-state index in [4.69, 9.17) is 23.7 Å². The first-order valence-electron chi connectivity index (χ1n) is 15.0. The van der Waals surface area contributed by atoms with Crippen molar-refractivity contribution in [1.82, 2.24) is 0 Å². The second-order valence-corrected chi connectivity index (χ2v) is 10.8. The van der Waals surface area contributed by atoms with Crippen LogP contribution in [-0.4, -0.2) is 62.4 Å². The van der Waals surface area contributed by atoms with Crippen LogP contribution in [0.15, 0.2) is 64.8 Å². The maximum absolute atomic E-state index is 13.3. The van der Waals surface area contributed by atoms with Gasteiger partial charge in [0.05, 0.1) is 37.4 Å². The van der Waals surface area contributed by atoms with Gasteiger partial charge < -0.3 is 23.7 Å². The van der Waals surface area contributed by atoms with Gasteiger partial charge >= 0.3 is 11.9 Å². The number of nitro groups is 1. The molecule has 2 aromatic rings. The molecular formula is C33H40N2O9. The van der Waals surface area contributed by atoms with Crippen molar-refractivity contribution in [3.63, 3.8) is 0 Å². The molecule has 2 aromatic carbocycles. The van der Waals surface area contributed by atoms with Gasteiger partial charge in [0.2, 0.25) is 0 Å². The highest BCUT2D eigenvalue weighted by molar-refractivity contribution is 6.07. The van der Waals surface area contributed by atoms with Crippen LogP contribution in [0.4, 0.5) is 5.69 Å². The molecule has 0 aromatic heterocycles. The molecule has 236 valence electrons. The number of allylic oxidation sites excluding steroid dienone is 1. The molecule has 1 fully saturated rings. The van der Waals surface area contributed by atoms with Crippen molar-refractivity contribution >= 4 is 23.3 Å². The van der Waals surface area contributed by atoms with Gasteiger partial charge in [0.25, 0.3) is 5.69 Å². The molecular weight excluding hydrogens is 568 g/mol. The summed E-state index contributed by atoms with van der Waals surface area (Å²) < 4.78 is 27.9. The Morgan fingerprint density at radius 2 is 1.82 bits per heavy atom. The topological polar surface area (TPSA) is 136 Å². The van der Waals surface area contributed by atoms with E-state index in [1.807, 2.05) is 24.3 Å². The normalized spacial score (nSPS) is 20.1. The average molecular weight is 609 g/mol. The molecule has 0 amide bonds. The van der Waals surface area contributed by atoms with E-state index in [2.05, 4.69) is 4.99 Å². The number of carbonyl (C=O) groups excluding carboxylic acids is 2. The zero-order valence-corrected chi connectivity index (χ0v) is 25.5. The van der Waals surface area contributed by atoms with Crippen LogP contribution in [0, 0.1) is 16.0 Å². The van der Waals surface area contributed by atoms with E-state index in [1.54, 1.807) is 19.9 Å². The van der Waals surface area contributed by atoms with Gasteiger partial charge in [0.1, 0.15) is 11.7 Å². The fourth-order valence-electron chi connectivity index (χ4n) is 5.47. The van der Waals surface area contributed by atoms with Crippen LogP contribution in [0.5, 0.6) is 5.75 Å². The molecule has 11 heteroatoms. The third-order valence-electron chi connectivity index (χ3n) is 7.74. The summed E-state index contributed by atoms with van der Waals surface area (Å²) in [7, 11) is 1.25. The molecule has 0 spiro atoms. The van der Waals surface area contributed by atoms with Crippen molar-refractivity contribution in [2.45, 2.75) is 64.6 Å². The average Bonchev–Trinajstić information content (AvgIpc) is 3.03. The van der Waals surface area contributed by atoms with Gasteiger partial charge in [0.15, 0.2) is 6.29 Å². The van der Waals surface area contributed by atoms with Crippen LogP contribution in [0.2, 0.25) is 0 Å². The predicted octanol–water partition coefficient (Wildman–Crippen LogP) is 5.70. The largest absolute Gasteiger partial charge is 0.494 e. The number of hydrogen-bond acceptors (Lipinski definition) is 10. The van der Waals surface area contributed by atoms with E-state index in [1.165, 1.54) is 25.3 Å². The van der Waals surface area contributed by atoms with Gasteiger partial charge in [-0.3, -0.25) is 19.9 Å². The quantitative estimate of drug-likeness (QED) is 0.114. The van der Waals surface area contributed by atoms with Crippen LogP contribution in [0.1, 0.15) is 63.0 Å². The summed E-state index contributed by atoms with van der Waals surface area (Å²) in [6.07, 6.45) is 5.12. The summed E-state index contributed by atoms with van der Waals surface area (Å²) in [5, 5.41) is 11.4. The summed E-state index contributed by atoms with van der Waals surface area (Å²) >= 11 is 0. The molecule has 0 radical (unpaired) electrons. The number of aliphatic imine (C=N–C) groups is 1. The summed E-state index contributed by atoms with van der Waals surface area (Å²) in [5.74, 6) is -2.22. The van der Waals surface area contributed by atoms with Crippen molar-refractivity contribution in [3.05, 3.63) is 81.0 Å². The molecule has 0 saturated carbocycles. The van der Waals surface area contributed by atoms with Crippen LogP contribution in [0.3, 0.4) is 0 Å². The molecule has 4 rings (SSSR count). The first-order valence-corrected chi connectivity index (χ1v) is 15.0. The van der Waals surface area contributed by atoms with E-state index in [9.17, 15) is 19.7 Å². The highest BCUT2D eigenvalue weighted by Gasteiger charge is 2.42. The minimum absolute atomic E-state index is 0.0854. The lowest BCUT2D eigenvalue weighted by molar-refractivity contribution is -0.384. The molecule has 2 aliphatic rings. The fourth-order valence-corrected chi connectivity index (χ4v) is 5.47. The molecule has 44 heavy (non-hydrogen) atoms. The van der Waals surface area contributed by atoms with Gasteiger partial charge in [-0.1, -0.05) is 24.3 Å². The summed E-state index contributed by atoms with van der Waals surface area (Å²) in [6, 6.07) is 13.8. The maximum atomic E-state index is 13.3. The molecule has 0 bridgehead atoms. The lowest BCUT2D eigenvalue weighted by Crippen LogP contribution is -2.36. The maximum Gasteiger partial charge on any atom is 0.336 e. The Bertz CT molecular complexity index is 1360. The minimum Gasteiger partial charge on any atom is -0.494 e. The Morgan fingerprint density at radius 3 is 2.52 bits per heavy atom. The second kappa shape index (κ2) is 16.1. The van der Waals surface area contributed by atoms with Gasteiger partial charge in [-0.05, 0) is 75.6 Å². The number of esters is 2. The molecule has 2 aliphatic heterocycles. The third-order valence-corrected chi connectivity index (χ3v) is 7.74. The number of methoxy groups -OCH3 is 1. The second-order valence-electron chi connectivity index (χ2n) is 10.8. The SMILES string of the molecule is COC(=O)C1C(C)=NC(C)=C(C(=O)OCCCCOc2ccc(CCOC3CCCCO3)cc2)C1c1cccc([N+](=O)[O-])c1. The number of nitrogens with zero attached hydrogens (tertiary/aromatic N) is 2.